The number of hydrogen-bond donors (Lipinski definition) is 0. The van der Waals surface area contributed by atoms with Gasteiger partial charge in [-0.3, -0.25) is 4.79 Å². The molecule has 0 amide bonds. The number of Topliss-reactive ketones (excluding diaryl/α,β-unsaturated/α-hetero) is 1. The molecule has 1 spiro atoms. The second kappa shape index (κ2) is 4.48. The van der Waals surface area contributed by atoms with E-state index in [9.17, 15) is 4.79 Å². The molecule has 0 bridgehead atoms. The van der Waals surface area contributed by atoms with Crippen LogP contribution in [0, 0.1) is 11.3 Å². The van der Waals surface area contributed by atoms with E-state index in [0.717, 1.165) is 28.8 Å². The van der Waals surface area contributed by atoms with Gasteiger partial charge in [-0.1, -0.05) is 41.8 Å². The van der Waals surface area contributed by atoms with Crippen molar-refractivity contribution < 1.29 is 4.79 Å². The lowest BCUT2D eigenvalue weighted by Gasteiger charge is -2.42. The van der Waals surface area contributed by atoms with Gasteiger partial charge in [0.05, 0.1) is 0 Å². The maximum atomic E-state index is 12.4. The monoisotopic (exact) mass is 306 g/mol. The Morgan fingerprint density at radius 3 is 2.94 bits per heavy atom. The first kappa shape index (κ1) is 12.4. The fourth-order valence-electron chi connectivity index (χ4n) is 3.95. The molecule has 1 saturated carbocycles. The number of carbonyl (C=O) groups is 1. The fourth-order valence-corrected chi connectivity index (χ4v) is 4.32. The minimum Gasteiger partial charge on any atom is -0.294 e. The third-order valence-electron chi connectivity index (χ3n) is 4.66. The average Bonchev–Trinajstić information content (AvgIpc) is 2.30. The molecule has 2 aliphatic rings. The fraction of sp³-hybridized carbons (Fsp3) is 0.562. The van der Waals surface area contributed by atoms with E-state index in [-0.39, 0.29) is 5.41 Å². The Hall–Kier alpha value is -0.630. The van der Waals surface area contributed by atoms with Gasteiger partial charge in [-0.05, 0) is 48.3 Å². The van der Waals surface area contributed by atoms with Gasteiger partial charge in [-0.2, -0.15) is 0 Å². The zero-order valence-corrected chi connectivity index (χ0v) is 12.4. The topological polar surface area (TPSA) is 17.1 Å². The summed E-state index contributed by atoms with van der Waals surface area (Å²) in [6.07, 6.45) is 6.96. The molecule has 1 fully saturated rings. The van der Waals surface area contributed by atoms with Gasteiger partial charge in [0.15, 0.2) is 5.78 Å². The molecular weight excluding hydrogens is 288 g/mol. The molecule has 1 aromatic carbocycles. The Morgan fingerprint density at radius 2 is 2.17 bits per heavy atom. The van der Waals surface area contributed by atoms with Gasteiger partial charge in [-0.25, -0.2) is 0 Å². The summed E-state index contributed by atoms with van der Waals surface area (Å²) in [5.74, 6) is 1.13. The number of ketones is 1. The molecule has 0 aromatic heterocycles. The van der Waals surface area contributed by atoms with Crippen LogP contribution in [-0.4, -0.2) is 5.78 Å². The van der Waals surface area contributed by atoms with E-state index < -0.39 is 0 Å². The number of halogens is 1. The number of benzene rings is 1. The predicted molar refractivity (Wildman–Crippen MR) is 76.9 cm³/mol. The van der Waals surface area contributed by atoms with Gasteiger partial charge in [0.2, 0.25) is 0 Å². The predicted octanol–water partition coefficient (Wildman–Crippen LogP) is 4.77. The lowest BCUT2D eigenvalue weighted by atomic mass is 9.61. The maximum Gasteiger partial charge on any atom is 0.163 e. The highest BCUT2D eigenvalue weighted by Gasteiger charge is 2.40. The van der Waals surface area contributed by atoms with Crippen molar-refractivity contribution in [1.29, 1.82) is 0 Å². The first-order chi connectivity index (χ1) is 8.58. The highest BCUT2D eigenvalue weighted by atomic mass is 79.9. The summed E-state index contributed by atoms with van der Waals surface area (Å²) in [5, 5.41) is 0. The molecular formula is C16H19BrO. The van der Waals surface area contributed by atoms with Crippen LogP contribution < -0.4 is 0 Å². The van der Waals surface area contributed by atoms with Crippen LogP contribution >= 0.6 is 15.9 Å². The second-order valence-corrected chi connectivity index (χ2v) is 7.20. The van der Waals surface area contributed by atoms with Crippen molar-refractivity contribution in [2.45, 2.75) is 45.4 Å². The Labute approximate surface area is 117 Å². The molecule has 0 saturated heterocycles. The van der Waals surface area contributed by atoms with Gasteiger partial charge in [0, 0.05) is 16.5 Å². The van der Waals surface area contributed by atoms with Crippen LogP contribution in [0.3, 0.4) is 0 Å². The van der Waals surface area contributed by atoms with E-state index in [1.807, 2.05) is 6.07 Å². The van der Waals surface area contributed by atoms with Crippen molar-refractivity contribution in [2.75, 3.05) is 0 Å². The third kappa shape index (κ3) is 2.16. The van der Waals surface area contributed by atoms with Crippen LogP contribution in [0.25, 0.3) is 0 Å². The molecule has 0 aliphatic heterocycles. The van der Waals surface area contributed by atoms with Gasteiger partial charge in [0.25, 0.3) is 0 Å². The van der Waals surface area contributed by atoms with Gasteiger partial charge in [0.1, 0.15) is 0 Å². The van der Waals surface area contributed by atoms with E-state index >= 15 is 0 Å². The van der Waals surface area contributed by atoms with Crippen molar-refractivity contribution in [2.24, 2.45) is 11.3 Å². The second-order valence-electron chi connectivity index (χ2n) is 6.28. The first-order valence-electron chi connectivity index (χ1n) is 6.90. The Morgan fingerprint density at radius 1 is 1.33 bits per heavy atom. The lowest BCUT2D eigenvalue weighted by molar-refractivity contribution is 0.0765. The number of hydrogen-bond acceptors (Lipinski definition) is 1. The number of fused-ring (bicyclic) bond motifs is 1. The van der Waals surface area contributed by atoms with Crippen molar-refractivity contribution in [3.8, 4) is 0 Å². The molecule has 1 aromatic rings. The molecule has 0 N–H and O–H groups in total. The van der Waals surface area contributed by atoms with Crippen molar-refractivity contribution in [3.63, 3.8) is 0 Å². The zero-order valence-electron chi connectivity index (χ0n) is 10.8. The molecule has 2 aliphatic carbocycles. The van der Waals surface area contributed by atoms with Crippen LogP contribution in [0.5, 0.6) is 0 Å². The quantitative estimate of drug-likeness (QED) is 0.674. The average molecular weight is 307 g/mol. The summed E-state index contributed by atoms with van der Waals surface area (Å²) in [6, 6.07) is 6.20. The van der Waals surface area contributed by atoms with Crippen LogP contribution in [-0.2, 0) is 6.42 Å². The first-order valence-corrected chi connectivity index (χ1v) is 7.69. The maximum absolute atomic E-state index is 12.4. The van der Waals surface area contributed by atoms with Crippen LogP contribution in [0.15, 0.2) is 22.7 Å². The summed E-state index contributed by atoms with van der Waals surface area (Å²) in [6.45, 7) is 2.34. The van der Waals surface area contributed by atoms with Crippen molar-refractivity contribution in [1.82, 2.24) is 0 Å². The molecule has 1 nitrogen and oxygen atoms in total. The number of carbonyl (C=O) groups excluding carboxylic acids is 1. The van der Waals surface area contributed by atoms with Crippen LogP contribution in [0.2, 0.25) is 0 Å². The molecule has 3 rings (SSSR count). The van der Waals surface area contributed by atoms with E-state index in [1.165, 1.54) is 31.2 Å². The SMILES string of the molecule is CC1CCCC2(CC(=O)c3cc(Br)ccc3C2)C1. The van der Waals surface area contributed by atoms with Crippen molar-refractivity contribution >= 4 is 21.7 Å². The summed E-state index contributed by atoms with van der Waals surface area (Å²) in [5.41, 5.74) is 2.49. The van der Waals surface area contributed by atoms with Gasteiger partial charge in [-0.15, -0.1) is 0 Å². The highest BCUT2D eigenvalue weighted by molar-refractivity contribution is 9.10. The normalized spacial score (nSPS) is 31.4. The van der Waals surface area contributed by atoms with E-state index in [2.05, 4.69) is 35.0 Å². The molecule has 18 heavy (non-hydrogen) atoms. The summed E-state index contributed by atoms with van der Waals surface area (Å²) in [4.78, 5) is 12.4. The smallest absolute Gasteiger partial charge is 0.163 e. The van der Waals surface area contributed by atoms with Crippen molar-refractivity contribution in [3.05, 3.63) is 33.8 Å². The van der Waals surface area contributed by atoms with E-state index in [1.54, 1.807) is 0 Å². The summed E-state index contributed by atoms with van der Waals surface area (Å²) in [7, 11) is 0. The van der Waals surface area contributed by atoms with Crippen LogP contribution in [0.4, 0.5) is 0 Å². The molecule has 2 heteroatoms. The summed E-state index contributed by atoms with van der Waals surface area (Å²) < 4.78 is 1.02. The summed E-state index contributed by atoms with van der Waals surface area (Å²) >= 11 is 3.46. The molecule has 96 valence electrons. The molecule has 2 atom stereocenters. The standard InChI is InChI=1S/C16H19BrO/c1-11-3-2-6-16(8-11)9-12-4-5-13(17)7-14(12)15(18)10-16/h4-5,7,11H,2-3,6,8-10H2,1H3. The largest absolute Gasteiger partial charge is 0.294 e. The zero-order chi connectivity index (χ0) is 12.8. The lowest BCUT2D eigenvalue weighted by Crippen LogP contribution is -2.36. The Kier molecular flexibility index (Phi) is 3.09. The minimum atomic E-state index is 0.273. The Bertz CT molecular complexity index is 494. The number of rotatable bonds is 0. The minimum absolute atomic E-state index is 0.273. The molecule has 0 radical (unpaired) electrons. The van der Waals surface area contributed by atoms with Crippen LogP contribution in [0.1, 0.15) is 54.9 Å². The van der Waals surface area contributed by atoms with E-state index in [4.69, 9.17) is 0 Å². The van der Waals surface area contributed by atoms with Gasteiger partial charge < -0.3 is 0 Å². The molecule has 2 unspecified atom stereocenters. The van der Waals surface area contributed by atoms with Gasteiger partial charge >= 0.3 is 0 Å². The third-order valence-corrected chi connectivity index (χ3v) is 5.15. The van der Waals surface area contributed by atoms with E-state index in [0.29, 0.717) is 5.78 Å². The Balaban J connectivity index is 1.96. The highest BCUT2D eigenvalue weighted by Crippen LogP contribution is 2.48. The molecule has 0 heterocycles.